The third-order valence-electron chi connectivity index (χ3n) is 5.38. The summed E-state index contributed by atoms with van der Waals surface area (Å²) in [6.07, 6.45) is 3.12. The minimum Gasteiger partial charge on any atom is -0.466 e. The molecule has 0 aliphatic carbocycles. The number of anilines is 1. The molecule has 4 aromatic heterocycles. The van der Waals surface area contributed by atoms with Crippen LogP contribution in [0, 0.1) is 6.92 Å². The molecule has 1 aromatic carbocycles. The van der Waals surface area contributed by atoms with Gasteiger partial charge in [-0.25, -0.2) is 13.0 Å². The molecule has 0 aliphatic rings. The smallest absolute Gasteiger partial charge is 0.278 e. The van der Waals surface area contributed by atoms with Crippen LogP contribution in [0.4, 0.5) is 5.82 Å². The van der Waals surface area contributed by atoms with E-state index in [0.29, 0.717) is 11.4 Å². The number of sulfone groups is 1. The molecular formula is C23H19N4O4S+. The lowest BCUT2D eigenvalue weighted by atomic mass is 10.2. The molecule has 5 aromatic rings. The van der Waals surface area contributed by atoms with Gasteiger partial charge < -0.3 is 10.2 Å². The fourth-order valence-electron chi connectivity index (χ4n) is 3.74. The van der Waals surface area contributed by atoms with Crippen molar-refractivity contribution in [3.63, 3.8) is 0 Å². The number of furan rings is 1. The fourth-order valence-corrected chi connectivity index (χ4v) is 5.17. The second-order valence-electron chi connectivity index (χ2n) is 7.41. The summed E-state index contributed by atoms with van der Waals surface area (Å²) < 4.78 is 35.2. The minimum atomic E-state index is -3.99. The van der Waals surface area contributed by atoms with E-state index in [4.69, 9.17) is 10.2 Å². The van der Waals surface area contributed by atoms with Crippen molar-refractivity contribution >= 4 is 32.3 Å². The van der Waals surface area contributed by atoms with Gasteiger partial charge in [0.2, 0.25) is 21.3 Å². The van der Waals surface area contributed by atoms with Crippen LogP contribution in [-0.2, 0) is 16.4 Å². The molecule has 8 nitrogen and oxygen atoms in total. The molecule has 0 amide bonds. The van der Waals surface area contributed by atoms with Crippen LogP contribution in [0.25, 0.3) is 16.7 Å². The molecule has 0 saturated carbocycles. The van der Waals surface area contributed by atoms with Gasteiger partial charge in [0, 0.05) is 11.8 Å². The van der Waals surface area contributed by atoms with Gasteiger partial charge in [0.1, 0.15) is 22.6 Å². The van der Waals surface area contributed by atoms with Gasteiger partial charge in [0.15, 0.2) is 0 Å². The van der Waals surface area contributed by atoms with Crippen molar-refractivity contribution < 1.29 is 17.4 Å². The summed E-state index contributed by atoms with van der Waals surface area (Å²) in [7, 11) is -3.99. The highest BCUT2D eigenvalue weighted by molar-refractivity contribution is 7.91. The molecule has 5 rings (SSSR count). The van der Waals surface area contributed by atoms with Crippen LogP contribution in [-0.4, -0.2) is 17.8 Å². The van der Waals surface area contributed by atoms with Crippen molar-refractivity contribution in [3.05, 3.63) is 94.8 Å². The predicted molar refractivity (Wildman–Crippen MR) is 118 cm³/mol. The summed E-state index contributed by atoms with van der Waals surface area (Å²) in [6.45, 7) is 1.96. The maximum absolute atomic E-state index is 13.4. The minimum absolute atomic E-state index is 0.0254. The summed E-state index contributed by atoms with van der Waals surface area (Å²) in [5.41, 5.74) is 7.58. The van der Waals surface area contributed by atoms with E-state index in [1.54, 1.807) is 42.6 Å². The Balaban J connectivity index is 1.91. The molecule has 4 heterocycles. The van der Waals surface area contributed by atoms with Gasteiger partial charge in [-0.05, 0) is 43.3 Å². The quantitative estimate of drug-likeness (QED) is 0.335. The van der Waals surface area contributed by atoms with Gasteiger partial charge in [-0.2, -0.15) is 0 Å². The maximum Gasteiger partial charge on any atom is 0.278 e. The molecule has 160 valence electrons. The molecule has 0 bridgehead atoms. The highest BCUT2D eigenvalue weighted by Gasteiger charge is 2.29. The zero-order valence-corrected chi connectivity index (χ0v) is 17.9. The van der Waals surface area contributed by atoms with E-state index < -0.39 is 9.84 Å². The van der Waals surface area contributed by atoms with E-state index in [2.05, 4.69) is 4.98 Å². The predicted octanol–water partition coefficient (Wildman–Crippen LogP) is 2.50. The Morgan fingerprint density at radius 3 is 2.59 bits per heavy atom. The number of hydrogen-bond acceptors (Lipinski definition) is 6. The van der Waals surface area contributed by atoms with Gasteiger partial charge in [0.25, 0.3) is 11.2 Å². The van der Waals surface area contributed by atoms with Crippen LogP contribution in [0.5, 0.6) is 0 Å². The van der Waals surface area contributed by atoms with Crippen molar-refractivity contribution in [1.82, 2.24) is 9.38 Å². The van der Waals surface area contributed by atoms with Crippen molar-refractivity contribution in [3.8, 4) is 0 Å². The van der Waals surface area contributed by atoms with E-state index in [-0.39, 0.29) is 38.7 Å². The lowest BCUT2D eigenvalue weighted by Gasteiger charge is -2.12. The first-order chi connectivity index (χ1) is 15.4. The average Bonchev–Trinajstić information content (AvgIpc) is 3.30. The average molecular weight is 447 g/mol. The van der Waals surface area contributed by atoms with Crippen LogP contribution in [0.3, 0.4) is 0 Å². The van der Waals surface area contributed by atoms with Crippen LogP contribution < -0.4 is 15.9 Å². The first kappa shape index (κ1) is 20.0. The Hall–Kier alpha value is -3.98. The molecule has 2 N–H and O–H groups in total. The molecule has 32 heavy (non-hydrogen) atoms. The van der Waals surface area contributed by atoms with Crippen molar-refractivity contribution in [2.24, 2.45) is 0 Å². The van der Waals surface area contributed by atoms with E-state index >= 15 is 0 Å². The first-order valence-electron chi connectivity index (χ1n) is 9.84. The van der Waals surface area contributed by atoms with Crippen LogP contribution >= 0.6 is 0 Å². The van der Waals surface area contributed by atoms with Crippen LogP contribution in [0.15, 0.2) is 92.1 Å². The van der Waals surface area contributed by atoms with Crippen molar-refractivity contribution in [1.29, 1.82) is 0 Å². The zero-order chi connectivity index (χ0) is 22.5. The highest BCUT2D eigenvalue weighted by Crippen LogP contribution is 2.26. The Kier molecular flexibility index (Phi) is 4.56. The van der Waals surface area contributed by atoms with E-state index in [9.17, 15) is 13.2 Å². The fraction of sp³-hybridized carbons (Fsp3) is 0.0870. The Labute approximate surface area is 183 Å². The molecule has 9 heteroatoms. The molecule has 0 radical (unpaired) electrons. The number of aryl methyl sites for hydroxylation is 1. The Morgan fingerprint density at radius 2 is 1.88 bits per heavy atom. The molecule has 0 fully saturated rings. The SMILES string of the molecule is Cc1cccn2c(=O)c3cc(S(=O)(=O)c4ccccc4)c(N)[n+](Cc4ccco4)c3nc12. The van der Waals surface area contributed by atoms with Gasteiger partial charge in [0.05, 0.1) is 11.2 Å². The summed E-state index contributed by atoms with van der Waals surface area (Å²) in [4.78, 5) is 18.0. The van der Waals surface area contributed by atoms with Gasteiger partial charge in [-0.15, -0.1) is 0 Å². The number of nitrogen functional groups attached to an aromatic ring is 1. The normalized spacial score (nSPS) is 11.9. The van der Waals surface area contributed by atoms with E-state index in [1.807, 2.05) is 13.0 Å². The molecule has 0 atom stereocenters. The van der Waals surface area contributed by atoms with E-state index in [1.165, 1.54) is 33.4 Å². The molecule has 0 spiro atoms. The van der Waals surface area contributed by atoms with Gasteiger partial charge in [-0.3, -0.25) is 9.20 Å². The zero-order valence-electron chi connectivity index (χ0n) is 17.1. The summed E-state index contributed by atoms with van der Waals surface area (Å²) >= 11 is 0. The third kappa shape index (κ3) is 3.05. The largest absolute Gasteiger partial charge is 0.466 e. The number of fused-ring (bicyclic) bond motifs is 2. The molecule has 0 saturated heterocycles. The van der Waals surface area contributed by atoms with Crippen LogP contribution in [0.1, 0.15) is 11.3 Å². The molecule has 0 aliphatic heterocycles. The second-order valence-corrected chi connectivity index (χ2v) is 9.33. The summed E-state index contributed by atoms with van der Waals surface area (Å²) in [5, 5.41) is 0.142. The van der Waals surface area contributed by atoms with Crippen molar-refractivity contribution in [2.45, 2.75) is 23.3 Å². The number of rotatable bonds is 4. The number of aromatic nitrogens is 3. The molecule has 0 unspecified atom stereocenters. The lowest BCUT2D eigenvalue weighted by molar-refractivity contribution is -0.653. The highest BCUT2D eigenvalue weighted by atomic mass is 32.2. The first-order valence-corrected chi connectivity index (χ1v) is 11.3. The van der Waals surface area contributed by atoms with Crippen LogP contribution in [0.2, 0.25) is 0 Å². The summed E-state index contributed by atoms with van der Waals surface area (Å²) in [6, 6.07) is 16.4. The maximum atomic E-state index is 13.4. The number of pyridine rings is 2. The summed E-state index contributed by atoms with van der Waals surface area (Å²) in [5.74, 6) is 0.520. The number of hydrogen-bond donors (Lipinski definition) is 1. The number of nitrogens with zero attached hydrogens (tertiary/aromatic N) is 3. The Bertz CT molecular complexity index is 1640. The number of nitrogens with two attached hydrogens (primary N) is 1. The monoisotopic (exact) mass is 447 g/mol. The van der Waals surface area contributed by atoms with E-state index in [0.717, 1.165) is 5.56 Å². The number of benzene rings is 1. The Morgan fingerprint density at radius 1 is 1.09 bits per heavy atom. The lowest BCUT2D eigenvalue weighted by Crippen LogP contribution is -2.42. The molecular weight excluding hydrogens is 428 g/mol. The van der Waals surface area contributed by atoms with Crippen molar-refractivity contribution in [2.75, 3.05) is 5.73 Å². The second kappa shape index (κ2) is 7.31. The third-order valence-corrected chi connectivity index (χ3v) is 7.17. The van der Waals surface area contributed by atoms with Gasteiger partial charge in [-0.1, -0.05) is 29.2 Å². The topological polar surface area (TPSA) is 112 Å². The standard InChI is InChI=1S/C23H18N4O4S/c1-15-7-5-11-26-21(15)25-22-18(23(26)28)13-19(32(29,30)17-9-3-2-4-10-17)20(24)27(22)14-16-8-6-12-31-16/h2-13,24H,14H2,1H3/p+1. The van der Waals surface area contributed by atoms with Gasteiger partial charge >= 0.3 is 0 Å².